The van der Waals surface area contributed by atoms with Gasteiger partial charge in [0.15, 0.2) is 0 Å². The summed E-state index contributed by atoms with van der Waals surface area (Å²) in [5, 5.41) is 6.58. The van der Waals surface area contributed by atoms with Gasteiger partial charge < -0.3 is 15.4 Å². The summed E-state index contributed by atoms with van der Waals surface area (Å²) in [6.45, 7) is 8.15. The van der Waals surface area contributed by atoms with Crippen molar-refractivity contribution in [3.63, 3.8) is 0 Å². The van der Waals surface area contributed by atoms with E-state index in [9.17, 15) is 4.79 Å². The average Bonchev–Trinajstić information content (AvgIpc) is 2.61. The summed E-state index contributed by atoms with van der Waals surface area (Å²) in [6, 6.07) is 0.392. The molecule has 19 heavy (non-hydrogen) atoms. The van der Waals surface area contributed by atoms with Gasteiger partial charge in [-0.3, -0.25) is 4.79 Å². The van der Waals surface area contributed by atoms with Crippen LogP contribution in [-0.2, 0) is 9.53 Å². The molecule has 2 fully saturated rings. The maximum absolute atomic E-state index is 12.0. The Morgan fingerprint density at radius 3 is 2.89 bits per heavy atom. The van der Waals surface area contributed by atoms with Crippen LogP contribution in [0.25, 0.3) is 0 Å². The molecule has 1 amide bonds. The summed E-state index contributed by atoms with van der Waals surface area (Å²) in [7, 11) is 0. The van der Waals surface area contributed by atoms with Gasteiger partial charge >= 0.3 is 0 Å². The Balaban J connectivity index is 1.93. The molecular formula is C15H28N2O2. The molecule has 4 unspecified atom stereocenters. The lowest BCUT2D eigenvalue weighted by molar-refractivity contribution is -0.136. The SMILES string of the molecule is CCOC1CC(NC2CCCCNC2=O)C1(C)CC. The molecule has 0 aromatic rings. The van der Waals surface area contributed by atoms with Gasteiger partial charge in [0, 0.05) is 24.6 Å². The Morgan fingerprint density at radius 1 is 1.42 bits per heavy atom. The molecule has 4 heteroatoms. The monoisotopic (exact) mass is 268 g/mol. The predicted molar refractivity (Wildman–Crippen MR) is 76.0 cm³/mol. The fourth-order valence-corrected chi connectivity index (χ4v) is 3.35. The molecule has 2 aliphatic rings. The molecule has 1 aliphatic heterocycles. The third-order valence-electron chi connectivity index (χ3n) is 5.05. The zero-order valence-electron chi connectivity index (χ0n) is 12.5. The van der Waals surface area contributed by atoms with Crippen molar-refractivity contribution >= 4 is 5.91 Å². The van der Waals surface area contributed by atoms with Crippen LogP contribution in [0.15, 0.2) is 0 Å². The molecule has 0 radical (unpaired) electrons. The second-order valence-electron chi connectivity index (χ2n) is 6.10. The Hall–Kier alpha value is -0.610. The van der Waals surface area contributed by atoms with E-state index in [0.29, 0.717) is 12.1 Å². The van der Waals surface area contributed by atoms with Crippen molar-refractivity contribution in [3.05, 3.63) is 0 Å². The maximum Gasteiger partial charge on any atom is 0.237 e. The maximum atomic E-state index is 12.0. The molecule has 4 nitrogen and oxygen atoms in total. The number of amides is 1. The normalized spacial score (nSPS) is 39.3. The molecule has 0 aromatic heterocycles. The molecule has 110 valence electrons. The molecule has 1 saturated heterocycles. The molecule has 4 atom stereocenters. The van der Waals surface area contributed by atoms with Crippen molar-refractivity contribution < 1.29 is 9.53 Å². The summed E-state index contributed by atoms with van der Waals surface area (Å²) in [5.41, 5.74) is 0.169. The minimum atomic E-state index is -0.0130. The molecule has 1 aliphatic carbocycles. The molecular weight excluding hydrogens is 240 g/mol. The van der Waals surface area contributed by atoms with Gasteiger partial charge in [0.25, 0.3) is 0 Å². The van der Waals surface area contributed by atoms with Crippen LogP contribution in [-0.4, -0.2) is 37.2 Å². The van der Waals surface area contributed by atoms with Crippen LogP contribution in [0.3, 0.4) is 0 Å². The Morgan fingerprint density at radius 2 is 2.21 bits per heavy atom. The summed E-state index contributed by atoms with van der Waals surface area (Å²) >= 11 is 0. The van der Waals surface area contributed by atoms with E-state index < -0.39 is 0 Å². The Bertz CT molecular complexity index is 321. The van der Waals surface area contributed by atoms with E-state index in [1.807, 2.05) is 0 Å². The lowest BCUT2D eigenvalue weighted by Gasteiger charge is -2.54. The van der Waals surface area contributed by atoms with Crippen LogP contribution in [0.2, 0.25) is 0 Å². The quantitative estimate of drug-likeness (QED) is 0.800. The van der Waals surface area contributed by atoms with Crippen molar-refractivity contribution in [2.45, 2.75) is 71.1 Å². The number of hydrogen-bond donors (Lipinski definition) is 2. The van der Waals surface area contributed by atoms with Gasteiger partial charge in [0.05, 0.1) is 12.1 Å². The molecule has 2 rings (SSSR count). The highest BCUT2D eigenvalue weighted by atomic mass is 16.5. The molecule has 0 aromatic carbocycles. The zero-order chi connectivity index (χ0) is 13.9. The van der Waals surface area contributed by atoms with Gasteiger partial charge in [-0.05, 0) is 39.0 Å². The van der Waals surface area contributed by atoms with E-state index in [0.717, 1.165) is 45.3 Å². The summed E-state index contributed by atoms with van der Waals surface area (Å²) in [6.07, 6.45) is 5.64. The highest BCUT2D eigenvalue weighted by molar-refractivity contribution is 5.82. The van der Waals surface area contributed by atoms with E-state index in [-0.39, 0.29) is 17.4 Å². The Kier molecular flexibility index (Phi) is 4.85. The third kappa shape index (κ3) is 2.95. The number of nitrogens with one attached hydrogen (secondary N) is 2. The first kappa shape index (κ1) is 14.8. The van der Waals surface area contributed by atoms with E-state index in [2.05, 4.69) is 31.4 Å². The summed E-state index contributed by atoms with van der Waals surface area (Å²) in [5.74, 6) is 0.177. The lowest BCUT2D eigenvalue weighted by Crippen LogP contribution is -2.65. The number of carbonyl (C=O) groups excluding carboxylic acids is 1. The second kappa shape index (κ2) is 6.23. The molecule has 1 saturated carbocycles. The van der Waals surface area contributed by atoms with Crippen molar-refractivity contribution in [2.24, 2.45) is 5.41 Å². The highest BCUT2D eigenvalue weighted by Crippen LogP contribution is 2.46. The number of ether oxygens (including phenoxy) is 1. The fraction of sp³-hybridized carbons (Fsp3) is 0.933. The minimum absolute atomic E-state index is 0.0130. The lowest BCUT2D eigenvalue weighted by atomic mass is 9.61. The average molecular weight is 268 g/mol. The fourth-order valence-electron chi connectivity index (χ4n) is 3.35. The van der Waals surface area contributed by atoms with Gasteiger partial charge in [-0.1, -0.05) is 13.8 Å². The highest BCUT2D eigenvalue weighted by Gasteiger charge is 2.51. The smallest absolute Gasteiger partial charge is 0.237 e. The van der Waals surface area contributed by atoms with Crippen molar-refractivity contribution in [1.29, 1.82) is 0 Å². The van der Waals surface area contributed by atoms with Crippen LogP contribution in [0, 0.1) is 5.41 Å². The minimum Gasteiger partial charge on any atom is -0.378 e. The van der Waals surface area contributed by atoms with Crippen molar-refractivity contribution in [3.8, 4) is 0 Å². The van der Waals surface area contributed by atoms with E-state index in [4.69, 9.17) is 4.74 Å². The second-order valence-corrected chi connectivity index (χ2v) is 6.10. The topological polar surface area (TPSA) is 50.4 Å². The summed E-state index contributed by atoms with van der Waals surface area (Å²) in [4.78, 5) is 12.0. The van der Waals surface area contributed by atoms with Crippen molar-refractivity contribution in [1.82, 2.24) is 10.6 Å². The molecule has 1 heterocycles. The van der Waals surface area contributed by atoms with Crippen LogP contribution >= 0.6 is 0 Å². The molecule has 0 bridgehead atoms. The van der Waals surface area contributed by atoms with E-state index >= 15 is 0 Å². The zero-order valence-corrected chi connectivity index (χ0v) is 12.5. The predicted octanol–water partition coefficient (Wildman–Crippen LogP) is 1.84. The van der Waals surface area contributed by atoms with Crippen LogP contribution in [0.5, 0.6) is 0 Å². The van der Waals surface area contributed by atoms with Crippen LogP contribution in [0.4, 0.5) is 0 Å². The van der Waals surface area contributed by atoms with E-state index in [1.54, 1.807) is 0 Å². The first-order valence-corrected chi connectivity index (χ1v) is 7.77. The van der Waals surface area contributed by atoms with Gasteiger partial charge in [0.1, 0.15) is 0 Å². The standard InChI is InChI=1S/C15H28N2O2/c1-4-15(3)12(10-13(15)19-5-2)17-11-8-6-7-9-16-14(11)18/h11-13,17H,4-10H2,1-3H3,(H,16,18). The van der Waals surface area contributed by atoms with Gasteiger partial charge in [-0.25, -0.2) is 0 Å². The molecule has 0 spiro atoms. The first-order chi connectivity index (χ1) is 9.11. The van der Waals surface area contributed by atoms with Crippen LogP contribution < -0.4 is 10.6 Å². The number of hydrogen-bond acceptors (Lipinski definition) is 3. The number of rotatable bonds is 5. The molecule has 2 N–H and O–H groups in total. The van der Waals surface area contributed by atoms with E-state index in [1.165, 1.54) is 0 Å². The van der Waals surface area contributed by atoms with Gasteiger partial charge in [-0.2, -0.15) is 0 Å². The van der Waals surface area contributed by atoms with Gasteiger partial charge in [0.2, 0.25) is 5.91 Å². The summed E-state index contributed by atoms with van der Waals surface area (Å²) < 4.78 is 5.81. The largest absolute Gasteiger partial charge is 0.378 e. The number of carbonyl (C=O) groups is 1. The Labute approximate surface area is 116 Å². The third-order valence-corrected chi connectivity index (χ3v) is 5.05. The first-order valence-electron chi connectivity index (χ1n) is 7.77. The van der Waals surface area contributed by atoms with Gasteiger partial charge in [-0.15, -0.1) is 0 Å². The van der Waals surface area contributed by atoms with Crippen LogP contribution in [0.1, 0.15) is 52.9 Å². The van der Waals surface area contributed by atoms with Crippen molar-refractivity contribution in [2.75, 3.05) is 13.2 Å².